The molecule has 8 aromatic carbocycles. The number of furan rings is 4. The molecule has 0 saturated carbocycles. The van der Waals surface area contributed by atoms with Gasteiger partial charge in [-0.1, -0.05) is 220 Å². The molecule has 0 spiro atoms. The van der Waals surface area contributed by atoms with Gasteiger partial charge >= 0.3 is 0 Å². The molecule has 136 heavy (non-hydrogen) atoms. The van der Waals surface area contributed by atoms with Gasteiger partial charge in [0.1, 0.15) is 50.5 Å². The molecule has 0 atom stereocenters. The molecule has 20 aromatic rings. The van der Waals surface area contributed by atoms with Crippen LogP contribution in [0.2, 0.25) is 0 Å². The van der Waals surface area contributed by atoms with Crippen LogP contribution in [-0.4, -0.2) is 19.9 Å². The molecule has 12 aromatic heterocycles. The van der Waals surface area contributed by atoms with Crippen molar-refractivity contribution >= 4 is 88.0 Å². The monoisotopic (exact) mass is 1790 g/mol. The minimum atomic E-state index is -0.145. The van der Waals surface area contributed by atoms with Gasteiger partial charge in [-0.25, -0.2) is 28.2 Å². The van der Waals surface area contributed by atoms with Crippen LogP contribution in [0.25, 0.3) is 178 Å². The number of nitrogens with zero attached hydrogens (tertiary/aromatic N) is 8. The molecule has 4 aliphatic carbocycles. The zero-order valence-corrected chi connectivity index (χ0v) is 84.3. The van der Waals surface area contributed by atoms with Gasteiger partial charge in [0.2, 0.25) is 34.2 Å². The normalized spacial score (nSPS) is 14.2. The molecular weight excluding hydrogens is 1670 g/mol. The van der Waals surface area contributed by atoms with E-state index in [-0.39, 0.29) is 21.7 Å². The van der Waals surface area contributed by atoms with Crippen molar-refractivity contribution in [1.82, 2.24) is 19.9 Å². The van der Waals surface area contributed by atoms with Crippen LogP contribution in [0.3, 0.4) is 0 Å². The number of aryl methyl sites for hydroxylation is 12. The van der Waals surface area contributed by atoms with Gasteiger partial charge in [-0.05, 0) is 217 Å². The molecule has 0 bridgehead atoms. The quantitative estimate of drug-likeness (QED) is 0.138. The van der Waals surface area contributed by atoms with Crippen LogP contribution in [0.4, 0.5) is 0 Å². The van der Waals surface area contributed by atoms with Crippen molar-refractivity contribution in [3.05, 3.63) is 331 Å². The minimum Gasteiger partial charge on any atom is -0.455 e. The molecule has 24 rings (SSSR count). The predicted octanol–water partition coefficient (Wildman–Crippen LogP) is 30.1. The maximum Gasteiger partial charge on any atom is 0.227 e. The maximum absolute atomic E-state index is 6.69. The Hall–Kier alpha value is -13.8. The van der Waals surface area contributed by atoms with E-state index in [1.807, 2.05) is 24.5 Å². The highest BCUT2D eigenvalue weighted by atomic mass is 16.3. The molecule has 12 nitrogen and oxygen atoms in total. The highest BCUT2D eigenvalue weighted by molar-refractivity contribution is 6.15. The summed E-state index contributed by atoms with van der Waals surface area (Å²) in [4.78, 5) is 19.7. The van der Waals surface area contributed by atoms with Gasteiger partial charge in [0, 0.05) is 146 Å². The van der Waals surface area contributed by atoms with E-state index in [2.05, 4.69) is 407 Å². The third-order valence-corrected chi connectivity index (χ3v) is 31.0. The first-order valence-corrected chi connectivity index (χ1v) is 48.6. The molecule has 680 valence electrons. The van der Waals surface area contributed by atoms with E-state index in [9.17, 15) is 0 Å². The largest absolute Gasteiger partial charge is 0.455 e. The lowest BCUT2D eigenvalue weighted by atomic mass is 9.82. The van der Waals surface area contributed by atoms with Crippen molar-refractivity contribution in [2.45, 2.75) is 212 Å². The molecule has 4 aliphatic rings. The lowest BCUT2D eigenvalue weighted by Crippen LogP contribution is -2.32. The van der Waals surface area contributed by atoms with E-state index in [1.165, 1.54) is 189 Å². The lowest BCUT2D eigenvalue weighted by molar-refractivity contribution is -0.660. The summed E-state index contributed by atoms with van der Waals surface area (Å²) in [5.41, 5.74) is 51.3. The summed E-state index contributed by atoms with van der Waals surface area (Å²) in [6.07, 6.45) is 12.7. The van der Waals surface area contributed by atoms with Gasteiger partial charge < -0.3 is 17.7 Å². The first kappa shape index (κ1) is 88.7. The fraction of sp³-hybridized carbons (Fsp3) is 0.290. The van der Waals surface area contributed by atoms with Gasteiger partial charge in [-0.3, -0.25) is 9.97 Å². The Kier molecular flexibility index (Phi) is 20.8. The number of hydrogen-bond donors (Lipinski definition) is 0. The molecule has 0 radical (unpaired) electrons. The number of aromatic nitrogens is 8. The van der Waals surface area contributed by atoms with Crippen LogP contribution < -0.4 is 18.3 Å². The zero-order chi connectivity index (χ0) is 95.8. The number of fused-ring (bicyclic) bond motifs is 24. The molecule has 0 amide bonds. The van der Waals surface area contributed by atoms with Crippen molar-refractivity contribution in [2.24, 2.45) is 28.2 Å². The van der Waals surface area contributed by atoms with Crippen molar-refractivity contribution in [2.75, 3.05) is 0 Å². The first-order chi connectivity index (χ1) is 64.7. The summed E-state index contributed by atoms with van der Waals surface area (Å²) in [5.74, 6) is 1.85. The Balaban J connectivity index is 0.000000108. The molecule has 0 saturated heterocycles. The molecule has 0 unspecified atom stereocenters. The number of rotatable bonds is 8. The second-order valence-corrected chi connectivity index (χ2v) is 42.8. The van der Waals surface area contributed by atoms with Crippen LogP contribution >= 0.6 is 0 Å². The summed E-state index contributed by atoms with van der Waals surface area (Å²) in [6.45, 7) is 53.7. The summed E-state index contributed by atoms with van der Waals surface area (Å²) >= 11 is 0. The number of pyridine rings is 8. The Morgan fingerprint density at radius 2 is 0.581 bits per heavy atom. The zero-order valence-electron chi connectivity index (χ0n) is 84.3. The van der Waals surface area contributed by atoms with E-state index in [4.69, 9.17) is 37.6 Å². The third-order valence-electron chi connectivity index (χ3n) is 31.0. The predicted molar refractivity (Wildman–Crippen MR) is 557 cm³/mol. The lowest BCUT2D eigenvalue weighted by Gasteiger charge is -2.20. The highest BCUT2D eigenvalue weighted by Gasteiger charge is 2.44. The van der Waals surface area contributed by atoms with Gasteiger partial charge in [0.15, 0.2) is 36.0 Å². The molecule has 12 heteroatoms. The van der Waals surface area contributed by atoms with E-state index in [0.29, 0.717) is 29.4 Å². The van der Waals surface area contributed by atoms with Crippen molar-refractivity contribution in [3.8, 4) is 89.7 Å². The Morgan fingerprint density at radius 3 is 1.01 bits per heavy atom. The number of benzene rings is 8. The molecule has 0 fully saturated rings. The fourth-order valence-electron chi connectivity index (χ4n) is 23.7. The van der Waals surface area contributed by atoms with Gasteiger partial charge in [0.05, 0.1) is 45.0 Å². The second kappa shape index (κ2) is 31.9. The smallest absolute Gasteiger partial charge is 0.227 e. The average Bonchev–Trinajstić information content (AvgIpc) is 1.56. The van der Waals surface area contributed by atoms with Crippen LogP contribution in [0, 0.1) is 55.4 Å². The first-order valence-electron chi connectivity index (χ1n) is 48.6. The molecule has 0 aliphatic heterocycles. The van der Waals surface area contributed by atoms with Crippen molar-refractivity contribution in [1.29, 1.82) is 0 Å². The van der Waals surface area contributed by atoms with Gasteiger partial charge in [-0.15, -0.1) is 0 Å². The van der Waals surface area contributed by atoms with Crippen LogP contribution in [-0.2, 0) is 49.9 Å². The minimum absolute atomic E-state index is 0.0835. The van der Waals surface area contributed by atoms with Gasteiger partial charge in [-0.2, -0.15) is 0 Å². The molecule has 0 N–H and O–H groups in total. The highest BCUT2D eigenvalue weighted by Crippen LogP contribution is 2.56. The summed E-state index contributed by atoms with van der Waals surface area (Å²) < 4.78 is 35.5. The van der Waals surface area contributed by atoms with Crippen molar-refractivity contribution < 1.29 is 35.9 Å². The van der Waals surface area contributed by atoms with E-state index in [1.54, 1.807) is 0 Å². The Morgan fingerprint density at radius 1 is 0.257 bits per heavy atom. The average molecular weight is 1790 g/mol. The SMILES string of the molecule is Cc1c[n+](C)c(-c2c(C)ccc3c2oc2cc4c(cc23)-c2cccnc2C4(C)C)cc1C(C)C.Cc1c[n+](C)c(-c2c(C)ccc3c2oc2cc4c(cc23)C(C)(C)c2ncccc2-4)cc1C(C)C.Cc1c[n+](C)c(-c2c(C)ccc3c2oc2nc4c(cc23)-c2ccccc2C4(C)C)cc1C(C)C.Cc1c[n+](C)c(-c2c(C)ccc3c2oc2nc4c(cc23)C(C)(C)c2ccccc2-4)cc1C(C)C. The topological polar surface area (TPSA) is 120 Å². The molecular formula is C124H124N8O4+4. The second-order valence-electron chi connectivity index (χ2n) is 42.8. The summed E-state index contributed by atoms with van der Waals surface area (Å²) in [5, 5.41) is 9.11. The van der Waals surface area contributed by atoms with Crippen molar-refractivity contribution in [3.63, 3.8) is 0 Å². The summed E-state index contributed by atoms with van der Waals surface area (Å²) in [7, 11) is 8.52. The van der Waals surface area contributed by atoms with E-state index >= 15 is 0 Å². The Bertz CT molecular complexity index is 7870. The van der Waals surface area contributed by atoms with E-state index in [0.717, 1.165) is 94.7 Å². The van der Waals surface area contributed by atoms with Crippen LogP contribution in [0.15, 0.2) is 237 Å². The van der Waals surface area contributed by atoms with E-state index < -0.39 is 0 Å². The summed E-state index contributed by atoms with van der Waals surface area (Å²) in [6, 6.07) is 66.6. The van der Waals surface area contributed by atoms with Gasteiger partial charge in [0.25, 0.3) is 0 Å². The standard InChI is InChI=1S/4C31H31N2O/c1-17(2)22-14-26(33(7)16-19(22)4)28-18(3)10-11-20-24-13-25-23(15-27(24)34-29(20)28)21-9-8-12-32-30(21)31(25,5)6;1-17(2)22-14-26(33(7)16-19(22)4)28-18(3)10-11-20-24-13-23-21-9-8-12-32-30(21)31(5,6)25(23)15-27(24)34-29(20)28;1-17(2)22-15-26(33(7)16-19(22)4)27-18(3)12-13-20-23-14-25-28(32-30(23)34-29(20)27)21-10-8-9-11-24(21)31(25,5)6;1-17(2)22-15-26(33(7)16-19(22)4)27-18(3)12-13-21-24-14-23-20-10-8-9-11-25(20)31(5,6)29(23)32-30(24)34-28(21)27/h4*8-17H,1-7H3/q4*+1. The maximum atomic E-state index is 6.69. The fourth-order valence-corrected chi connectivity index (χ4v) is 23.7. The third kappa shape index (κ3) is 13.6. The molecule has 12 heterocycles. The number of hydrogen-bond acceptors (Lipinski definition) is 8. The Labute approximate surface area is 798 Å². The van der Waals surface area contributed by atoms with Crippen LogP contribution in [0.1, 0.15) is 246 Å². The van der Waals surface area contributed by atoms with Crippen LogP contribution in [0.5, 0.6) is 0 Å².